The van der Waals surface area contributed by atoms with Crippen LogP contribution in [-0.4, -0.2) is 30.8 Å². The van der Waals surface area contributed by atoms with Crippen molar-refractivity contribution in [2.75, 3.05) is 6.61 Å². The van der Waals surface area contributed by atoms with Gasteiger partial charge in [-0.3, -0.25) is 0 Å². The lowest BCUT2D eigenvalue weighted by Crippen LogP contribution is -2.18. The van der Waals surface area contributed by atoms with Gasteiger partial charge in [0.05, 0.1) is 5.56 Å². The normalized spacial score (nSPS) is 23.2. The highest BCUT2D eigenvalue weighted by Crippen LogP contribution is 2.18. The van der Waals surface area contributed by atoms with Crippen LogP contribution in [0.1, 0.15) is 16.8 Å². The van der Waals surface area contributed by atoms with Crippen LogP contribution in [-0.2, 0) is 14.3 Å². The Balaban J connectivity index is 1.83. The maximum Gasteiger partial charge on any atom is 0.341 e. The minimum atomic E-state index is -1.60. The molecule has 1 saturated heterocycles. The molecule has 0 N–H and O–H groups in total. The second-order valence-corrected chi connectivity index (χ2v) is 3.73. The van der Waals surface area contributed by atoms with E-state index in [-0.39, 0.29) is 13.0 Å². The predicted molar refractivity (Wildman–Crippen MR) is 56.1 cm³/mol. The van der Waals surface area contributed by atoms with E-state index in [2.05, 4.69) is 4.74 Å². The summed E-state index contributed by atoms with van der Waals surface area (Å²) in [6, 6.07) is 8.43. The summed E-state index contributed by atoms with van der Waals surface area (Å²) in [5.74, 6) is -1.39. The fraction of sp³-hybridized carbons (Fsp3) is 0.333. The van der Waals surface area contributed by atoms with Gasteiger partial charge in [0.2, 0.25) is 6.17 Å². The number of esters is 2. The number of halogens is 1. The largest absolute Gasteiger partial charge is 0.458 e. The van der Waals surface area contributed by atoms with Gasteiger partial charge in [-0.25, -0.2) is 14.0 Å². The first-order valence-corrected chi connectivity index (χ1v) is 5.23. The minimum absolute atomic E-state index is 0.0547. The number of cyclic esters (lactones) is 1. The molecule has 0 aromatic heterocycles. The molecule has 0 saturated carbocycles. The van der Waals surface area contributed by atoms with E-state index in [1.807, 2.05) is 0 Å². The first-order chi connectivity index (χ1) is 8.16. The highest BCUT2D eigenvalue weighted by Gasteiger charge is 2.35. The number of rotatable bonds is 3. The summed E-state index contributed by atoms with van der Waals surface area (Å²) >= 11 is 0. The van der Waals surface area contributed by atoms with E-state index in [0.29, 0.717) is 5.56 Å². The van der Waals surface area contributed by atoms with Crippen LogP contribution >= 0.6 is 0 Å². The summed E-state index contributed by atoms with van der Waals surface area (Å²) < 4.78 is 22.4. The van der Waals surface area contributed by atoms with Crippen LogP contribution in [0.4, 0.5) is 4.39 Å². The Bertz CT molecular complexity index is 418. The van der Waals surface area contributed by atoms with Crippen LogP contribution in [0.3, 0.4) is 0 Å². The smallest absolute Gasteiger partial charge is 0.341 e. The molecule has 0 amide bonds. The molecule has 1 aromatic carbocycles. The van der Waals surface area contributed by atoms with Crippen molar-refractivity contribution in [1.82, 2.24) is 0 Å². The molecule has 0 bridgehead atoms. The number of hydrogen-bond donors (Lipinski definition) is 0. The molecule has 1 aliphatic rings. The van der Waals surface area contributed by atoms with E-state index in [1.54, 1.807) is 30.3 Å². The van der Waals surface area contributed by atoms with E-state index in [9.17, 15) is 14.0 Å². The average molecular weight is 238 g/mol. The molecule has 5 heteroatoms. The van der Waals surface area contributed by atoms with Gasteiger partial charge in [-0.1, -0.05) is 18.2 Å². The second kappa shape index (κ2) is 4.95. The average Bonchev–Trinajstić information content (AvgIpc) is 2.67. The van der Waals surface area contributed by atoms with E-state index in [1.165, 1.54) is 0 Å². The van der Waals surface area contributed by atoms with Crippen LogP contribution < -0.4 is 0 Å². The molecule has 17 heavy (non-hydrogen) atoms. The molecule has 1 aromatic rings. The standard InChI is InChI=1S/C12H11FO4/c13-10-6-9(17-12(10)15)7-16-11(14)8-4-2-1-3-5-8/h1-5,9-10H,6-7H2. The van der Waals surface area contributed by atoms with Crippen LogP contribution in [0.25, 0.3) is 0 Å². The van der Waals surface area contributed by atoms with Gasteiger partial charge in [-0.15, -0.1) is 0 Å². The number of alkyl halides is 1. The number of benzene rings is 1. The van der Waals surface area contributed by atoms with Crippen molar-refractivity contribution in [3.63, 3.8) is 0 Å². The Morgan fingerprint density at radius 3 is 2.71 bits per heavy atom. The highest BCUT2D eigenvalue weighted by molar-refractivity contribution is 5.89. The lowest BCUT2D eigenvalue weighted by atomic mass is 10.2. The first kappa shape index (κ1) is 11.6. The summed E-state index contributed by atoms with van der Waals surface area (Å²) in [7, 11) is 0. The zero-order valence-electron chi connectivity index (χ0n) is 8.97. The Kier molecular flexibility index (Phi) is 3.37. The molecule has 1 heterocycles. The van der Waals surface area contributed by atoms with Crippen LogP contribution in [0.5, 0.6) is 0 Å². The van der Waals surface area contributed by atoms with Gasteiger partial charge >= 0.3 is 11.9 Å². The SMILES string of the molecule is O=C(OCC1CC(F)C(=O)O1)c1ccccc1. The Morgan fingerprint density at radius 2 is 2.12 bits per heavy atom. The molecule has 2 rings (SSSR count). The molecule has 0 aliphatic carbocycles. The summed E-state index contributed by atoms with van der Waals surface area (Å²) in [5.41, 5.74) is 0.411. The molecule has 4 nitrogen and oxygen atoms in total. The summed E-state index contributed by atoms with van der Waals surface area (Å²) in [4.78, 5) is 22.3. The third-order valence-electron chi connectivity index (χ3n) is 2.42. The highest BCUT2D eigenvalue weighted by atomic mass is 19.1. The van der Waals surface area contributed by atoms with E-state index in [4.69, 9.17) is 4.74 Å². The third-order valence-corrected chi connectivity index (χ3v) is 2.42. The van der Waals surface area contributed by atoms with Crippen molar-refractivity contribution < 1.29 is 23.5 Å². The molecular weight excluding hydrogens is 227 g/mol. The zero-order chi connectivity index (χ0) is 12.3. The number of hydrogen-bond acceptors (Lipinski definition) is 4. The van der Waals surface area contributed by atoms with Gasteiger partial charge < -0.3 is 9.47 Å². The van der Waals surface area contributed by atoms with Crippen molar-refractivity contribution in [3.05, 3.63) is 35.9 Å². The minimum Gasteiger partial charge on any atom is -0.458 e. The summed E-state index contributed by atoms with van der Waals surface area (Å²) in [6.45, 7) is -0.111. The summed E-state index contributed by atoms with van der Waals surface area (Å²) in [6.07, 6.45) is -2.33. The van der Waals surface area contributed by atoms with Crippen molar-refractivity contribution in [2.45, 2.75) is 18.7 Å². The van der Waals surface area contributed by atoms with E-state index < -0.39 is 24.2 Å². The first-order valence-electron chi connectivity index (χ1n) is 5.23. The Labute approximate surface area is 97.3 Å². The van der Waals surface area contributed by atoms with Crippen molar-refractivity contribution in [2.24, 2.45) is 0 Å². The molecule has 90 valence electrons. The third kappa shape index (κ3) is 2.81. The molecule has 0 radical (unpaired) electrons. The quantitative estimate of drug-likeness (QED) is 0.749. The van der Waals surface area contributed by atoms with Crippen molar-refractivity contribution >= 4 is 11.9 Å². The zero-order valence-corrected chi connectivity index (χ0v) is 8.97. The Morgan fingerprint density at radius 1 is 1.41 bits per heavy atom. The second-order valence-electron chi connectivity index (χ2n) is 3.73. The molecule has 2 atom stereocenters. The van der Waals surface area contributed by atoms with E-state index >= 15 is 0 Å². The molecular formula is C12H11FO4. The summed E-state index contributed by atoms with van der Waals surface area (Å²) in [5, 5.41) is 0. The van der Waals surface area contributed by atoms with Crippen molar-refractivity contribution in [3.8, 4) is 0 Å². The molecule has 0 spiro atoms. The van der Waals surface area contributed by atoms with Gasteiger partial charge in [-0.2, -0.15) is 0 Å². The maximum atomic E-state index is 12.8. The monoisotopic (exact) mass is 238 g/mol. The lowest BCUT2D eigenvalue weighted by molar-refractivity contribution is -0.146. The number of carbonyl (C=O) groups excluding carboxylic acids is 2. The predicted octanol–water partition coefficient (Wildman–Crippen LogP) is 1.50. The van der Waals surface area contributed by atoms with Crippen molar-refractivity contribution in [1.29, 1.82) is 0 Å². The van der Waals surface area contributed by atoms with Gasteiger partial charge in [0.1, 0.15) is 12.7 Å². The van der Waals surface area contributed by atoms with Gasteiger partial charge in [0.25, 0.3) is 0 Å². The Hall–Kier alpha value is -1.91. The van der Waals surface area contributed by atoms with Crippen LogP contribution in [0.15, 0.2) is 30.3 Å². The lowest BCUT2D eigenvalue weighted by Gasteiger charge is -2.09. The van der Waals surface area contributed by atoms with Gasteiger partial charge in [0.15, 0.2) is 0 Å². The fourth-order valence-electron chi connectivity index (χ4n) is 1.54. The van der Waals surface area contributed by atoms with Crippen LogP contribution in [0, 0.1) is 0 Å². The molecule has 1 aliphatic heterocycles. The van der Waals surface area contributed by atoms with Crippen LogP contribution in [0.2, 0.25) is 0 Å². The fourth-order valence-corrected chi connectivity index (χ4v) is 1.54. The maximum absolute atomic E-state index is 12.8. The number of carbonyl (C=O) groups is 2. The molecule has 2 unspecified atom stereocenters. The van der Waals surface area contributed by atoms with Gasteiger partial charge in [0, 0.05) is 6.42 Å². The number of ether oxygens (including phenoxy) is 2. The van der Waals surface area contributed by atoms with Gasteiger partial charge in [-0.05, 0) is 12.1 Å². The topological polar surface area (TPSA) is 52.6 Å². The van der Waals surface area contributed by atoms with E-state index in [0.717, 1.165) is 0 Å². The molecule has 1 fully saturated rings.